The van der Waals surface area contributed by atoms with Crippen LogP contribution in [0.3, 0.4) is 0 Å². The maximum atomic E-state index is 10.8. The number of hydrogen-bond donors (Lipinski definition) is 1. The highest BCUT2D eigenvalue weighted by atomic mass is 16.6. The molecule has 1 fully saturated rings. The normalized spacial score (nSPS) is 32.2. The summed E-state index contributed by atoms with van der Waals surface area (Å²) in [5.41, 5.74) is -0.783. The molecule has 0 saturated carbocycles. The number of carbonyl (C=O) groups is 1. The van der Waals surface area contributed by atoms with E-state index < -0.39 is 5.60 Å². The molecule has 0 spiro atoms. The molecule has 9 heavy (non-hydrogen) atoms. The number of ketones is 1. The van der Waals surface area contributed by atoms with Crippen LogP contribution in [0, 0.1) is 0 Å². The van der Waals surface area contributed by atoms with Gasteiger partial charge in [0.25, 0.3) is 0 Å². The van der Waals surface area contributed by atoms with Crippen LogP contribution < -0.4 is 0 Å². The second-order valence-electron chi connectivity index (χ2n) is 2.22. The topological polar surface area (TPSA) is 49.8 Å². The molecule has 0 bridgehead atoms. The van der Waals surface area contributed by atoms with Crippen molar-refractivity contribution in [2.45, 2.75) is 18.9 Å². The van der Waals surface area contributed by atoms with Crippen LogP contribution >= 0.6 is 0 Å². The second-order valence-corrected chi connectivity index (χ2v) is 2.22. The summed E-state index contributed by atoms with van der Waals surface area (Å²) < 4.78 is 4.80. The number of aliphatic hydroxyl groups is 1. The van der Waals surface area contributed by atoms with Gasteiger partial charge in [0, 0.05) is 6.42 Å². The molecule has 3 nitrogen and oxygen atoms in total. The fraction of sp³-hybridized carbons (Fsp3) is 0.833. The summed E-state index contributed by atoms with van der Waals surface area (Å²) in [5, 5.41) is 8.61. The lowest BCUT2D eigenvalue weighted by Gasteiger charge is -2.02. The number of rotatable bonds is 3. The van der Waals surface area contributed by atoms with E-state index in [9.17, 15) is 4.79 Å². The molecule has 0 aliphatic carbocycles. The number of carbonyl (C=O) groups excluding carboxylic acids is 1. The second kappa shape index (κ2) is 2.08. The first-order chi connectivity index (χ1) is 4.25. The summed E-state index contributed by atoms with van der Waals surface area (Å²) in [7, 11) is 0. The SMILES string of the molecule is CCC(=O)C1(CO)CO1. The lowest BCUT2D eigenvalue weighted by atomic mass is 10.1. The van der Waals surface area contributed by atoms with Gasteiger partial charge in [0.15, 0.2) is 11.4 Å². The zero-order valence-electron chi connectivity index (χ0n) is 5.39. The molecule has 1 aliphatic heterocycles. The Morgan fingerprint density at radius 1 is 1.89 bits per heavy atom. The van der Waals surface area contributed by atoms with Gasteiger partial charge in [-0.2, -0.15) is 0 Å². The van der Waals surface area contributed by atoms with Crippen LogP contribution in [-0.4, -0.2) is 29.7 Å². The summed E-state index contributed by atoms with van der Waals surface area (Å²) in [6.07, 6.45) is 0.445. The largest absolute Gasteiger partial charge is 0.393 e. The monoisotopic (exact) mass is 130 g/mol. The summed E-state index contributed by atoms with van der Waals surface area (Å²) >= 11 is 0. The first-order valence-corrected chi connectivity index (χ1v) is 3.03. The summed E-state index contributed by atoms with van der Waals surface area (Å²) in [4.78, 5) is 10.8. The van der Waals surface area contributed by atoms with Crippen molar-refractivity contribution in [2.75, 3.05) is 13.2 Å². The Hall–Kier alpha value is -0.410. The lowest BCUT2D eigenvalue weighted by molar-refractivity contribution is -0.125. The Balaban J connectivity index is 2.49. The summed E-state index contributed by atoms with van der Waals surface area (Å²) in [6, 6.07) is 0. The van der Waals surface area contributed by atoms with E-state index in [-0.39, 0.29) is 12.4 Å². The van der Waals surface area contributed by atoms with E-state index >= 15 is 0 Å². The van der Waals surface area contributed by atoms with E-state index in [1.807, 2.05) is 0 Å². The lowest BCUT2D eigenvalue weighted by Crippen LogP contribution is -2.27. The van der Waals surface area contributed by atoms with Gasteiger partial charge in [-0.1, -0.05) is 6.92 Å². The maximum Gasteiger partial charge on any atom is 0.172 e. The zero-order valence-corrected chi connectivity index (χ0v) is 5.39. The molecule has 1 N–H and O–H groups in total. The van der Waals surface area contributed by atoms with E-state index in [4.69, 9.17) is 9.84 Å². The van der Waals surface area contributed by atoms with E-state index in [0.29, 0.717) is 13.0 Å². The first kappa shape index (κ1) is 6.71. The summed E-state index contributed by atoms with van der Waals surface area (Å²) in [6.45, 7) is 2.00. The van der Waals surface area contributed by atoms with Crippen LogP contribution in [-0.2, 0) is 9.53 Å². The average molecular weight is 130 g/mol. The van der Waals surface area contributed by atoms with Crippen molar-refractivity contribution in [3.8, 4) is 0 Å². The Bertz CT molecular complexity index is 126. The minimum atomic E-state index is -0.783. The van der Waals surface area contributed by atoms with Crippen molar-refractivity contribution in [1.82, 2.24) is 0 Å². The predicted molar refractivity (Wildman–Crippen MR) is 31.1 cm³/mol. The molecule has 3 heteroatoms. The van der Waals surface area contributed by atoms with Gasteiger partial charge in [-0.25, -0.2) is 0 Å². The molecule has 0 amide bonds. The molecule has 1 heterocycles. The van der Waals surface area contributed by atoms with Gasteiger partial charge in [-0.3, -0.25) is 4.79 Å². The third-order valence-corrected chi connectivity index (χ3v) is 1.58. The van der Waals surface area contributed by atoms with E-state index in [1.54, 1.807) is 6.92 Å². The van der Waals surface area contributed by atoms with Crippen LogP contribution in [0.25, 0.3) is 0 Å². The predicted octanol–water partition coefficient (Wildman–Crippen LogP) is -0.273. The number of hydrogen-bond acceptors (Lipinski definition) is 3. The van der Waals surface area contributed by atoms with Crippen molar-refractivity contribution in [3.05, 3.63) is 0 Å². The van der Waals surface area contributed by atoms with Crippen molar-refractivity contribution < 1.29 is 14.6 Å². The standard InChI is InChI=1S/C6H10O3/c1-2-5(8)6(3-7)4-9-6/h7H,2-4H2,1H3. The van der Waals surface area contributed by atoms with Crippen molar-refractivity contribution in [1.29, 1.82) is 0 Å². The number of epoxide rings is 1. The first-order valence-electron chi connectivity index (χ1n) is 3.03. The Morgan fingerprint density at radius 3 is 2.56 bits per heavy atom. The molecule has 1 rings (SSSR count). The Labute approximate surface area is 53.6 Å². The average Bonchev–Trinajstić information content (AvgIpc) is 2.66. The fourth-order valence-electron chi connectivity index (χ4n) is 0.750. The molecular weight excluding hydrogens is 120 g/mol. The van der Waals surface area contributed by atoms with Crippen LogP contribution in [0.5, 0.6) is 0 Å². The third kappa shape index (κ3) is 0.976. The van der Waals surface area contributed by atoms with Crippen LogP contribution in [0.4, 0.5) is 0 Å². The quantitative estimate of drug-likeness (QED) is 0.535. The van der Waals surface area contributed by atoms with Gasteiger partial charge in [-0.15, -0.1) is 0 Å². The van der Waals surface area contributed by atoms with E-state index in [0.717, 1.165) is 0 Å². The minimum Gasteiger partial charge on any atom is -0.393 e. The van der Waals surface area contributed by atoms with Crippen molar-refractivity contribution in [3.63, 3.8) is 0 Å². The Kier molecular flexibility index (Phi) is 1.55. The van der Waals surface area contributed by atoms with E-state index in [2.05, 4.69) is 0 Å². The third-order valence-electron chi connectivity index (χ3n) is 1.58. The van der Waals surface area contributed by atoms with Gasteiger partial charge in [0.05, 0.1) is 13.2 Å². The maximum absolute atomic E-state index is 10.8. The molecule has 0 aromatic heterocycles. The molecule has 0 radical (unpaired) electrons. The smallest absolute Gasteiger partial charge is 0.172 e. The minimum absolute atomic E-state index is 0.00463. The van der Waals surface area contributed by atoms with Crippen LogP contribution in [0.2, 0.25) is 0 Å². The number of Topliss-reactive ketones (excluding diaryl/α,β-unsaturated/α-hetero) is 1. The van der Waals surface area contributed by atoms with Crippen LogP contribution in [0.1, 0.15) is 13.3 Å². The highest BCUT2D eigenvalue weighted by Gasteiger charge is 2.50. The number of ether oxygens (including phenoxy) is 1. The molecule has 52 valence electrons. The highest BCUT2D eigenvalue weighted by Crippen LogP contribution is 2.27. The van der Waals surface area contributed by atoms with Crippen LogP contribution in [0.15, 0.2) is 0 Å². The molecule has 1 aliphatic rings. The molecule has 1 saturated heterocycles. The zero-order chi connectivity index (χ0) is 6.91. The molecule has 1 unspecified atom stereocenters. The van der Waals surface area contributed by atoms with Gasteiger partial charge < -0.3 is 9.84 Å². The highest BCUT2D eigenvalue weighted by molar-refractivity contribution is 5.89. The van der Waals surface area contributed by atoms with Gasteiger partial charge in [0.2, 0.25) is 0 Å². The number of aliphatic hydroxyl groups excluding tert-OH is 1. The molecule has 0 aromatic carbocycles. The van der Waals surface area contributed by atoms with Gasteiger partial charge in [0.1, 0.15) is 0 Å². The molecular formula is C6H10O3. The van der Waals surface area contributed by atoms with Gasteiger partial charge >= 0.3 is 0 Å². The van der Waals surface area contributed by atoms with Gasteiger partial charge in [-0.05, 0) is 0 Å². The molecule has 1 atom stereocenters. The summed E-state index contributed by atoms with van der Waals surface area (Å²) in [5.74, 6) is 0.00463. The van der Waals surface area contributed by atoms with E-state index in [1.165, 1.54) is 0 Å². The molecule has 0 aromatic rings. The van der Waals surface area contributed by atoms with Crippen molar-refractivity contribution >= 4 is 5.78 Å². The van der Waals surface area contributed by atoms with Crippen molar-refractivity contribution in [2.24, 2.45) is 0 Å². The fourth-order valence-corrected chi connectivity index (χ4v) is 0.750. The Morgan fingerprint density at radius 2 is 2.44 bits per heavy atom.